The van der Waals surface area contributed by atoms with Gasteiger partial charge in [-0.1, -0.05) is 30.3 Å². The molecule has 0 aromatic heterocycles. The summed E-state index contributed by atoms with van der Waals surface area (Å²) in [6, 6.07) is 8.32. The van der Waals surface area contributed by atoms with Gasteiger partial charge >= 0.3 is 6.09 Å². The fraction of sp³-hybridized carbons (Fsp3) is 0.400. The highest BCUT2D eigenvalue weighted by atomic mass is 35.5. The first-order valence-corrected chi connectivity index (χ1v) is 7.26. The average Bonchev–Trinajstić information content (AvgIpc) is 2.55. The summed E-state index contributed by atoms with van der Waals surface area (Å²) in [7, 11) is 0. The molecule has 0 saturated heterocycles. The average molecular weight is 359 g/mol. The smallest absolute Gasteiger partial charge is 0.408 e. The van der Waals surface area contributed by atoms with Crippen molar-refractivity contribution >= 4 is 30.3 Å². The molecule has 0 heterocycles. The van der Waals surface area contributed by atoms with Gasteiger partial charge in [-0.15, -0.1) is 12.4 Å². The van der Waals surface area contributed by atoms with Crippen molar-refractivity contribution in [3.05, 3.63) is 35.9 Å². The lowest BCUT2D eigenvalue weighted by molar-refractivity contribution is -0.126. The summed E-state index contributed by atoms with van der Waals surface area (Å²) >= 11 is 0. The van der Waals surface area contributed by atoms with Crippen LogP contribution >= 0.6 is 12.4 Å². The molecule has 0 saturated carbocycles. The number of rotatable bonds is 9. The monoisotopic (exact) mass is 358 g/mol. The molecule has 8 nitrogen and oxygen atoms in total. The predicted molar refractivity (Wildman–Crippen MR) is 91.3 cm³/mol. The number of nitrogens with one attached hydrogen (secondary N) is 2. The van der Waals surface area contributed by atoms with Crippen molar-refractivity contribution in [3.8, 4) is 0 Å². The van der Waals surface area contributed by atoms with Crippen LogP contribution in [0.15, 0.2) is 30.3 Å². The number of primary amides is 1. The molecule has 1 aromatic carbocycles. The number of amides is 3. The third kappa shape index (κ3) is 8.96. The van der Waals surface area contributed by atoms with E-state index in [-0.39, 0.29) is 25.6 Å². The molecule has 0 spiro atoms. The third-order valence-corrected chi connectivity index (χ3v) is 2.96. The molecule has 0 aliphatic rings. The molecule has 0 radical (unpaired) electrons. The van der Waals surface area contributed by atoms with E-state index in [4.69, 9.17) is 16.2 Å². The number of carbonyl (C=O) groups excluding carboxylic acids is 3. The number of hydrogen-bond acceptors (Lipinski definition) is 5. The molecule has 0 aliphatic carbocycles. The minimum atomic E-state index is -0.832. The molecule has 9 heteroatoms. The normalized spacial score (nSPS) is 10.9. The van der Waals surface area contributed by atoms with Gasteiger partial charge in [-0.2, -0.15) is 0 Å². The molecule has 24 heavy (non-hydrogen) atoms. The number of ether oxygens (including phenoxy) is 1. The maximum Gasteiger partial charge on any atom is 0.408 e. The van der Waals surface area contributed by atoms with Gasteiger partial charge in [0.15, 0.2) is 0 Å². The maximum absolute atomic E-state index is 11.9. The van der Waals surface area contributed by atoms with Crippen molar-refractivity contribution in [1.29, 1.82) is 0 Å². The van der Waals surface area contributed by atoms with E-state index in [0.717, 1.165) is 5.56 Å². The summed E-state index contributed by atoms with van der Waals surface area (Å²) in [5.41, 5.74) is 11.2. The topological polar surface area (TPSA) is 137 Å². The van der Waals surface area contributed by atoms with Crippen molar-refractivity contribution in [2.75, 3.05) is 13.1 Å². The minimum Gasteiger partial charge on any atom is -0.445 e. The molecule has 6 N–H and O–H groups in total. The van der Waals surface area contributed by atoms with Crippen LogP contribution < -0.4 is 22.1 Å². The molecule has 0 fully saturated rings. The van der Waals surface area contributed by atoms with E-state index in [2.05, 4.69) is 10.6 Å². The van der Waals surface area contributed by atoms with Crippen molar-refractivity contribution in [1.82, 2.24) is 10.6 Å². The number of alkyl carbamates (subject to hydrolysis) is 1. The van der Waals surface area contributed by atoms with Crippen molar-refractivity contribution in [2.24, 2.45) is 11.5 Å². The van der Waals surface area contributed by atoms with Crippen molar-refractivity contribution < 1.29 is 19.1 Å². The highest BCUT2D eigenvalue weighted by molar-refractivity contribution is 5.88. The Balaban J connectivity index is 0.00000529. The highest BCUT2D eigenvalue weighted by Gasteiger charge is 2.21. The minimum absolute atomic E-state index is 0. The van der Waals surface area contributed by atoms with E-state index < -0.39 is 23.9 Å². The van der Waals surface area contributed by atoms with Crippen LogP contribution in [-0.4, -0.2) is 37.0 Å². The molecule has 0 unspecified atom stereocenters. The maximum atomic E-state index is 11.9. The third-order valence-electron chi connectivity index (χ3n) is 2.96. The number of hydrogen-bond donors (Lipinski definition) is 4. The van der Waals surface area contributed by atoms with Gasteiger partial charge in [0.1, 0.15) is 12.6 Å². The van der Waals surface area contributed by atoms with E-state index in [1.165, 1.54) is 0 Å². The largest absolute Gasteiger partial charge is 0.445 e. The van der Waals surface area contributed by atoms with E-state index >= 15 is 0 Å². The zero-order valence-electron chi connectivity index (χ0n) is 13.2. The van der Waals surface area contributed by atoms with E-state index in [0.29, 0.717) is 19.4 Å². The van der Waals surface area contributed by atoms with Crippen LogP contribution in [0.5, 0.6) is 0 Å². The van der Waals surface area contributed by atoms with Gasteiger partial charge in [-0.3, -0.25) is 9.59 Å². The Kier molecular flexibility index (Phi) is 11.0. The summed E-state index contributed by atoms with van der Waals surface area (Å²) in [6.45, 7) is 0.179. The first kappa shape index (κ1) is 21.7. The summed E-state index contributed by atoms with van der Waals surface area (Å²) in [5.74, 6) is -1.17. The van der Waals surface area contributed by atoms with Gasteiger partial charge in [0, 0.05) is 0 Å². The Morgan fingerprint density at radius 1 is 1.17 bits per heavy atom. The van der Waals surface area contributed by atoms with Crippen LogP contribution in [0.25, 0.3) is 0 Å². The van der Waals surface area contributed by atoms with Crippen molar-refractivity contribution in [3.63, 3.8) is 0 Å². The molecular formula is C15H23ClN4O4. The lowest BCUT2D eigenvalue weighted by Crippen LogP contribution is -2.48. The van der Waals surface area contributed by atoms with Crippen LogP contribution in [0.4, 0.5) is 4.79 Å². The SMILES string of the molecule is Cl.NCCC[C@H](NC(=O)OCc1ccccc1)C(=O)NCC(N)=O. The molecule has 0 bridgehead atoms. The van der Waals surface area contributed by atoms with Crippen molar-refractivity contribution in [2.45, 2.75) is 25.5 Å². The van der Waals surface area contributed by atoms with Crippen LogP contribution in [0.3, 0.4) is 0 Å². The van der Waals surface area contributed by atoms with Crippen LogP contribution in [0.1, 0.15) is 18.4 Å². The molecule has 1 aromatic rings. The first-order valence-electron chi connectivity index (χ1n) is 7.26. The lowest BCUT2D eigenvalue weighted by Gasteiger charge is -2.17. The molecular weight excluding hydrogens is 336 g/mol. The molecule has 1 rings (SSSR count). The van der Waals surface area contributed by atoms with Gasteiger partial charge in [0.2, 0.25) is 11.8 Å². The molecule has 0 aliphatic heterocycles. The molecule has 3 amide bonds. The zero-order chi connectivity index (χ0) is 17.1. The van der Waals surface area contributed by atoms with Crippen LogP contribution in [-0.2, 0) is 20.9 Å². The second kappa shape index (κ2) is 12.1. The van der Waals surface area contributed by atoms with Gasteiger partial charge in [-0.25, -0.2) is 4.79 Å². The standard InChI is InChI=1S/C15H22N4O4.ClH/c16-8-4-7-12(14(21)18-9-13(17)20)19-15(22)23-10-11-5-2-1-3-6-11;/h1-3,5-6,12H,4,7-10,16H2,(H2,17,20)(H,18,21)(H,19,22);1H/t12-;/m0./s1. The van der Waals surface area contributed by atoms with E-state index in [1.54, 1.807) is 0 Å². The number of nitrogens with two attached hydrogens (primary N) is 2. The second-order valence-corrected chi connectivity index (χ2v) is 4.87. The number of benzene rings is 1. The van der Waals surface area contributed by atoms with Gasteiger partial charge in [0.05, 0.1) is 6.54 Å². The fourth-order valence-electron chi connectivity index (χ4n) is 1.80. The molecule has 134 valence electrons. The van der Waals surface area contributed by atoms with Crippen LogP contribution in [0, 0.1) is 0 Å². The molecule has 1 atom stereocenters. The quantitative estimate of drug-likeness (QED) is 0.494. The van der Waals surface area contributed by atoms with E-state index in [9.17, 15) is 14.4 Å². The summed E-state index contributed by atoms with van der Waals surface area (Å²) in [4.78, 5) is 34.4. The first-order chi connectivity index (χ1) is 11.0. The van der Waals surface area contributed by atoms with Crippen LogP contribution in [0.2, 0.25) is 0 Å². The van der Waals surface area contributed by atoms with E-state index in [1.807, 2.05) is 30.3 Å². The lowest BCUT2D eigenvalue weighted by atomic mass is 10.1. The van der Waals surface area contributed by atoms with Gasteiger partial charge in [0.25, 0.3) is 0 Å². The Hall–Kier alpha value is -2.32. The Morgan fingerprint density at radius 3 is 2.42 bits per heavy atom. The number of carbonyl (C=O) groups is 3. The van der Waals surface area contributed by atoms with Gasteiger partial charge < -0.3 is 26.8 Å². The zero-order valence-corrected chi connectivity index (χ0v) is 14.0. The Morgan fingerprint density at radius 2 is 1.83 bits per heavy atom. The fourth-order valence-corrected chi connectivity index (χ4v) is 1.80. The Labute approximate surface area is 146 Å². The highest BCUT2D eigenvalue weighted by Crippen LogP contribution is 2.02. The number of halogens is 1. The Bertz CT molecular complexity index is 527. The van der Waals surface area contributed by atoms with Gasteiger partial charge in [-0.05, 0) is 24.9 Å². The summed E-state index contributed by atoms with van der Waals surface area (Å²) in [5, 5.41) is 4.81. The summed E-state index contributed by atoms with van der Waals surface area (Å²) in [6.07, 6.45) is 0.153. The second-order valence-electron chi connectivity index (χ2n) is 4.87. The summed E-state index contributed by atoms with van der Waals surface area (Å²) < 4.78 is 5.06. The predicted octanol–water partition coefficient (Wildman–Crippen LogP) is 0.0436.